The molecule has 53 heavy (non-hydrogen) atoms. The van der Waals surface area contributed by atoms with Crippen LogP contribution < -0.4 is 21.3 Å². The Morgan fingerprint density at radius 1 is 1.00 bits per heavy atom. The van der Waals surface area contributed by atoms with Crippen molar-refractivity contribution in [3.63, 3.8) is 0 Å². The summed E-state index contributed by atoms with van der Waals surface area (Å²) >= 11 is 0. The zero-order valence-electron chi connectivity index (χ0n) is 31.5. The lowest BCUT2D eigenvalue weighted by Gasteiger charge is -2.50. The number of aromatic nitrogens is 2. The number of carbonyl (C=O) groups excluding carboxylic acids is 5. The molecule has 2 aliphatic heterocycles. The maximum Gasteiger partial charge on any atom is 0.272 e. The highest BCUT2D eigenvalue weighted by molar-refractivity contribution is 5.98. The van der Waals surface area contributed by atoms with Crippen molar-refractivity contribution < 1.29 is 29.1 Å². The van der Waals surface area contributed by atoms with Gasteiger partial charge in [-0.2, -0.15) is 0 Å². The normalized spacial score (nSPS) is 27.8. The van der Waals surface area contributed by atoms with Crippen LogP contribution in [0.15, 0.2) is 48.9 Å². The Kier molecular flexibility index (Phi) is 11.2. The van der Waals surface area contributed by atoms with E-state index in [-0.39, 0.29) is 35.4 Å². The third-order valence-electron chi connectivity index (χ3n) is 12.5. The van der Waals surface area contributed by atoms with Crippen molar-refractivity contribution in [3.8, 4) is 0 Å². The van der Waals surface area contributed by atoms with Crippen LogP contribution in [0.25, 0.3) is 0 Å². The molecular weight excluding hydrogens is 674 g/mol. The minimum absolute atomic E-state index is 0.00599. The van der Waals surface area contributed by atoms with E-state index in [1.54, 1.807) is 4.90 Å². The quantitative estimate of drug-likeness (QED) is 0.234. The minimum atomic E-state index is -1.48. The standard InChI is InChI=1S/C40H55N7O6/c1-6-40-18-17-26-22-47(30(28(26)40)36(51)45-32(40)31(48)37(52)43-23(2)24-13-9-7-10-14-24)38(53)33(39(3,4)5)46-35(50)29(25-15-11-8-12-16-25)44-34(49)27-21-41-19-20-42-27/h7,9-10,13-14,19-21,23,25-26,28-33,48H,6,8,11-12,15-18,22H2,1-5H3,(H,43,52)(H,44,49)(H,45,51)(H,46,50)/t23-,26-,28-,29-,30-,31?,32+,33+,40?/m0/s1. The molecule has 0 radical (unpaired) electrons. The lowest BCUT2D eigenvalue weighted by molar-refractivity contribution is -0.153. The predicted molar refractivity (Wildman–Crippen MR) is 197 cm³/mol. The Morgan fingerprint density at radius 3 is 2.36 bits per heavy atom. The molecule has 286 valence electrons. The Morgan fingerprint density at radius 2 is 1.72 bits per heavy atom. The molecule has 2 saturated carbocycles. The van der Waals surface area contributed by atoms with Crippen LogP contribution in [0.3, 0.4) is 0 Å². The Balaban J connectivity index is 1.22. The number of nitrogens with one attached hydrogen (secondary N) is 4. The molecule has 13 heteroatoms. The molecule has 1 aromatic carbocycles. The molecule has 13 nitrogen and oxygen atoms in total. The third-order valence-corrected chi connectivity index (χ3v) is 12.5. The number of hydrogen-bond donors (Lipinski definition) is 5. The average Bonchev–Trinajstić information content (AvgIpc) is 3.74. The fourth-order valence-corrected chi connectivity index (χ4v) is 9.73. The van der Waals surface area contributed by atoms with Crippen LogP contribution in [0.4, 0.5) is 0 Å². The zero-order valence-corrected chi connectivity index (χ0v) is 31.5. The van der Waals surface area contributed by atoms with Gasteiger partial charge in [0.15, 0.2) is 6.10 Å². The van der Waals surface area contributed by atoms with Crippen molar-refractivity contribution >= 4 is 29.5 Å². The lowest BCUT2D eigenvalue weighted by Crippen LogP contribution is -2.70. The second-order valence-electron chi connectivity index (χ2n) is 16.7. The summed E-state index contributed by atoms with van der Waals surface area (Å²) in [6, 6.07) is 5.62. The maximum absolute atomic E-state index is 14.7. The summed E-state index contributed by atoms with van der Waals surface area (Å²) in [6.07, 6.45) is 9.26. The van der Waals surface area contributed by atoms with Crippen molar-refractivity contribution in [1.82, 2.24) is 36.1 Å². The van der Waals surface area contributed by atoms with E-state index in [0.29, 0.717) is 19.4 Å². The second-order valence-corrected chi connectivity index (χ2v) is 16.7. The summed E-state index contributed by atoms with van der Waals surface area (Å²) in [5.41, 5.74) is -0.351. The van der Waals surface area contributed by atoms with E-state index >= 15 is 0 Å². The molecule has 4 aliphatic rings. The zero-order chi connectivity index (χ0) is 38.1. The van der Waals surface area contributed by atoms with E-state index in [1.165, 1.54) is 18.6 Å². The highest BCUT2D eigenvalue weighted by Gasteiger charge is 2.67. The molecule has 5 amide bonds. The van der Waals surface area contributed by atoms with Gasteiger partial charge in [-0.15, -0.1) is 0 Å². The van der Waals surface area contributed by atoms with Crippen LogP contribution in [-0.4, -0.2) is 86.3 Å². The second kappa shape index (κ2) is 15.5. The van der Waals surface area contributed by atoms with Crippen LogP contribution >= 0.6 is 0 Å². The van der Waals surface area contributed by atoms with E-state index in [1.807, 2.05) is 65.0 Å². The molecule has 2 unspecified atom stereocenters. The van der Waals surface area contributed by atoms with E-state index in [0.717, 1.165) is 44.1 Å². The van der Waals surface area contributed by atoms with Crippen molar-refractivity contribution in [3.05, 3.63) is 60.2 Å². The first-order chi connectivity index (χ1) is 25.3. The molecule has 0 bridgehead atoms. The van der Waals surface area contributed by atoms with Gasteiger partial charge < -0.3 is 31.3 Å². The summed E-state index contributed by atoms with van der Waals surface area (Å²) in [4.78, 5) is 79.5. The van der Waals surface area contributed by atoms with Gasteiger partial charge >= 0.3 is 0 Å². The third kappa shape index (κ3) is 7.54. The average molecular weight is 730 g/mol. The van der Waals surface area contributed by atoms with Crippen molar-refractivity contribution in [2.45, 2.75) is 122 Å². The number of carbonyl (C=O) groups is 5. The maximum atomic E-state index is 14.7. The SMILES string of the molecule is CCC12CC[C@H]3CN(C(=O)[C@@H](NC(=O)[C@@H](NC(=O)c4cnccn4)C4CCCCC4)C(C)(C)C)[C@H](C(=O)N[C@@H]1C(O)C(=O)N[C@@H](C)c1ccccc1)[C@H]32. The number of rotatable bonds is 11. The number of aliphatic hydroxyl groups excluding tert-OH is 1. The van der Waals surface area contributed by atoms with Crippen molar-refractivity contribution in [2.24, 2.45) is 28.6 Å². The molecule has 5 N–H and O–H groups in total. The van der Waals surface area contributed by atoms with Gasteiger partial charge in [0.1, 0.15) is 23.8 Å². The van der Waals surface area contributed by atoms with Gasteiger partial charge in [-0.1, -0.05) is 77.3 Å². The molecule has 4 fully saturated rings. The van der Waals surface area contributed by atoms with Gasteiger partial charge in [0.05, 0.1) is 18.3 Å². The van der Waals surface area contributed by atoms with Crippen molar-refractivity contribution in [1.29, 1.82) is 0 Å². The molecule has 2 aromatic rings. The first-order valence-electron chi connectivity index (χ1n) is 19.3. The van der Waals surface area contributed by atoms with E-state index in [9.17, 15) is 29.1 Å². The summed E-state index contributed by atoms with van der Waals surface area (Å²) in [7, 11) is 0. The molecule has 3 heterocycles. The summed E-state index contributed by atoms with van der Waals surface area (Å²) in [5, 5.41) is 23.4. The number of amides is 5. The van der Waals surface area contributed by atoms with Crippen LogP contribution in [0.5, 0.6) is 0 Å². The first-order valence-corrected chi connectivity index (χ1v) is 19.3. The van der Waals surface area contributed by atoms with Gasteiger partial charge in [0.25, 0.3) is 11.8 Å². The van der Waals surface area contributed by atoms with E-state index in [2.05, 4.69) is 31.2 Å². The van der Waals surface area contributed by atoms with Crippen LogP contribution in [0.1, 0.15) is 108 Å². The molecule has 6 rings (SSSR count). The number of nitrogens with zero attached hydrogens (tertiary/aromatic N) is 3. The van der Waals surface area contributed by atoms with E-state index in [4.69, 9.17) is 0 Å². The van der Waals surface area contributed by atoms with Crippen LogP contribution in [-0.2, 0) is 19.2 Å². The lowest BCUT2D eigenvalue weighted by atomic mass is 9.62. The van der Waals surface area contributed by atoms with Gasteiger partial charge in [-0.05, 0) is 67.3 Å². The Labute approximate surface area is 311 Å². The number of likely N-dealkylation sites (tertiary alicyclic amines) is 1. The summed E-state index contributed by atoms with van der Waals surface area (Å²) in [6.45, 7) is 9.83. The molecule has 2 aliphatic carbocycles. The number of piperidine rings is 1. The van der Waals surface area contributed by atoms with E-state index < -0.39 is 64.7 Å². The predicted octanol–water partition coefficient (Wildman–Crippen LogP) is 3.06. The highest BCUT2D eigenvalue weighted by Crippen LogP contribution is 2.59. The molecule has 1 aromatic heterocycles. The summed E-state index contributed by atoms with van der Waals surface area (Å²) in [5.74, 6) is -2.66. The van der Waals surface area contributed by atoms with Crippen molar-refractivity contribution in [2.75, 3.05) is 6.54 Å². The summed E-state index contributed by atoms with van der Waals surface area (Å²) < 4.78 is 0. The molecule has 2 saturated heterocycles. The van der Waals surface area contributed by atoms with Crippen LogP contribution in [0.2, 0.25) is 0 Å². The minimum Gasteiger partial charge on any atom is -0.381 e. The Hall–Kier alpha value is -4.39. The number of hydrogen-bond acceptors (Lipinski definition) is 8. The number of benzene rings is 1. The fraction of sp³-hybridized carbons (Fsp3) is 0.625. The first kappa shape index (κ1) is 38.3. The smallest absolute Gasteiger partial charge is 0.272 e. The fourth-order valence-electron chi connectivity index (χ4n) is 9.73. The molecular formula is C40H55N7O6. The van der Waals surface area contributed by atoms with Gasteiger partial charge in [-0.3, -0.25) is 29.0 Å². The molecule has 0 spiro atoms. The van der Waals surface area contributed by atoms with Gasteiger partial charge in [0, 0.05) is 24.9 Å². The molecule has 9 atom stereocenters. The Bertz CT molecular complexity index is 1660. The number of aliphatic hydroxyl groups is 1. The topological polar surface area (TPSA) is 183 Å². The largest absolute Gasteiger partial charge is 0.381 e. The van der Waals surface area contributed by atoms with Gasteiger partial charge in [-0.25, -0.2) is 4.98 Å². The monoisotopic (exact) mass is 729 g/mol. The van der Waals surface area contributed by atoms with Crippen LogP contribution in [0, 0.1) is 28.6 Å². The van der Waals surface area contributed by atoms with Gasteiger partial charge in [0.2, 0.25) is 17.7 Å². The highest BCUT2D eigenvalue weighted by atomic mass is 16.3.